The molecule has 222 valence electrons. The van der Waals surface area contributed by atoms with Gasteiger partial charge >= 0.3 is 0 Å². The highest BCUT2D eigenvalue weighted by Gasteiger charge is 2.57. The van der Waals surface area contributed by atoms with E-state index in [2.05, 4.69) is 14.9 Å². The summed E-state index contributed by atoms with van der Waals surface area (Å²) in [4.78, 5) is 37.8. The van der Waals surface area contributed by atoms with Gasteiger partial charge in [0.15, 0.2) is 11.6 Å². The van der Waals surface area contributed by atoms with Crippen LogP contribution in [0.2, 0.25) is 0 Å². The molecule has 0 bridgehead atoms. The van der Waals surface area contributed by atoms with Crippen molar-refractivity contribution in [3.05, 3.63) is 78.6 Å². The van der Waals surface area contributed by atoms with Crippen molar-refractivity contribution in [3.8, 4) is 17.4 Å². The van der Waals surface area contributed by atoms with E-state index in [0.717, 1.165) is 25.7 Å². The highest BCUT2D eigenvalue weighted by Crippen LogP contribution is 2.49. The second kappa shape index (κ2) is 11.9. The van der Waals surface area contributed by atoms with E-state index >= 15 is 4.39 Å². The average Bonchev–Trinajstić information content (AvgIpc) is 3.83. The molecule has 2 aromatic carbocycles. The predicted octanol–water partition coefficient (Wildman–Crippen LogP) is 4.34. The molecule has 0 radical (unpaired) electrons. The third kappa shape index (κ3) is 5.97. The van der Waals surface area contributed by atoms with Crippen molar-refractivity contribution in [3.63, 3.8) is 0 Å². The summed E-state index contributed by atoms with van der Waals surface area (Å²) in [7, 11) is 0. The average molecular weight is 590 g/mol. The van der Waals surface area contributed by atoms with Crippen LogP contribution in [0.1, 0.15) is 12.8 Å². The van der Waals surface area contributed by atoms with Gasteiger partial charge in [-0.2, -0.15) is 0 Å². The van der Waals surface area contributed by atoms with Crippen LogP contribution in [0.3, 0.4) is 0 Å². The molecule has 0 spiro atoms. The van der Waals surface area contributed by atoms with Gasteiger partial charge < -0.3 is 19.9 Å². The maximum Gasteiger partial charge on any atom is 0.247 e. The van der Waals surface area contributed by atoms with E-state index in [1.807, 2.05) is 0 Å². The SMILES string of the molecule is NC(=O)C1(C(=O)N(c2ccc(F)cc2)c2ccc(Oc3ccnc4cc(OCCN5CCOCC5)ncc34)c(F)c2)CC1. The Morgan fingerprint density at radius 1 is 0.977 bits per heavy atom. The van der Waals surface area contributed by atoms with E-state index in [9.17, 15) is 14.0 Å². The number of ether oxygens (including phenoxy) is 3. The number of pyridine rings is 2. The molecule has 2 N–H and O–H groups in total. The number of carbonyl (C=O) groups excluding carboxylic acids is 2. The van der Waals surface area contributed by atoms with Crippen molar-refractivity contribution in [1.29, 1.82) is 0 Å². The van der Waals surface area contributed by atoms with Gasteiger partial charge in [0.1, 0.15) is 23.6 Å². The van der Waals surface area contributed by atoms with Crippen LogP contribution in [0.4, 0.5) is 20.2 Å². The molecule has 3 heterocycles. The number of halogens is 2. The molecule has 1 aliphatic carbocycles. The molecule has 10 nitrogen and oxygen atoms in total. The molecule has 0 unspecified atom stereocenters. The fraction of sp³-hybridized carbons (Fsp3) is 0.290. The number of hydrogen-bond acceptors (Lipinski definition) is 8. The lowest BCUT2D eigenvalue weighted by molar-refractivity contribution is -0.133. The summed E-state index contributed by atoms with van der Waals surface area (Å²) < 4.78 is 46.2. The van der Waals surface area contributed by atoms with Crippen molar-refractivity contribution in [2.24, 2.45) is 11.1 Å². The molecule has 12 heteroatoms. The van der Waals surface area contributed by atoms with Gasteiger partial charge in [0, 0.05) is 49.8 Å². The van der Waals surface area contributed by atoms with Crippen LogP contribution in [0.15, 0.2) is 67.0 Å². The molecule has 2 aromatic heterocycles. The van der Waals surface area contributed by atoms with E-state index in [1.165, 1.54) is 47.5 Å². The number of rotatable bonds is 10. The van der Waals surface area contributed by atoms with Gasteiger partial charge in [-0.25, -0.2) is 13.8 Å². The Morgan fingerprint density at radius 2 is 1.72 bits per heavy atom. The molecule has 6 rings (SSSR count). The molecule has 1 aliphatic heterocycles. The Balaban J connectivity index is 1.22. The topological polar surface area (TPSA) is 120 Å². The molecule has 2 amide bonds. The lowest BCUT2D eigenvalue weighted by Crippen LogP contribution is -2.41. The molecule has 2 fully saturated rings. The molecule has 1 saturated heterocycles. The zero-order chi connectivity index (χ0) is 30.0. The van der Waals surface area contributed by atoms with Gasteiger partial charge in [0.2, 0.25) is 17.7 Å². The van der Waals surface area contributed by atoms with Gasteiger partial charge in [0.05, 0.1) is 29.8 Å². The van der Waals surface area contributed by atoms with E-state index in [-0.39, 0.29) is 30.0 Å². The van der Waals surface area contributed by atoms with Crippen molar-refractivity contribution >= 4 is 34.1 Å². The van der Waals surface area contributed by atoms with Gasteiger partial charge in [-0.1, -0.05) is 0 Å². The first-order valence-corrected chi connectivity index (χ1v) is 13.9. The molecule has 4 aromatic rings. The number of morpholine rings is 1. The van der Waals surface area contributed by atoms with Crippen molar-refractivity contribution in [2.45, 2.75) is 12.8 Å². The van der Waals surface area contributed by atoms with Crippen molar-refractivity contribution in [2.75, 3.05) is 44.4 Å². The fourth-order valence-corrected chi connectivity index (χ4v) is 4.98. The summed E-state index contributed by atoms with van der Waals surface area (Å²) in [6.07, 6.45) is 3.66. The number of nitrogens with zero attached hydrogens (tertiary/aromatic N) is 4. The van der Waals surface area contributed by atoms with Crippen LogP contribution in [0.5, 0.6) is 17.4 Å². The Hall–Kier alpha value is -4.68. The van der Waals surface area contributed by atoms with E-state index in [0.29, 0.717) is 42.4 Å². The molecule has 1 saturated carbocycles. The summed E-state index contributed by atoms with van der Waals surface area (Å²) in [5, 5.41) is 0.548. The number of carbonyl (C=O) groups is 2. The molecule has 0 atom stereocenters. The van der Waals surface area contributed by atoms with E-state index < -0.39 is 28.9 Å². The Morgan fingerprint density at radius 3 is 2.42 bits per heavy atom. The molecule has 43 heavy (non-hydrogen) atoms. The zero-order valence-corrected chi connectivity index (χ0v) is 23.2. The molecule has 2 aliphatic rings. The lowest BCUT2D eigenvalue weighted by atomic mass is 10.0. The standard InChI is InChI=1S/C31H29F2N5O5/c32-20-1-3-21(4-2-20)38(30(40)31(8-9-31)29(34)39)22-5-6-27(24(33)17-22)43-26-7-10-35-25-18-28(36-19-23(25)26)42-16-13-37-11-14-41-15-12-37/h1-7,10,17-19H,8-9,11-16H2,(H2,34,39). The summed E-state index contributed by atoms with van der Waals surface area (Å²) >= 11 is 0. The van der Waals surface area contributed by atoms with Crippen molar-refractivity contribution in [1.82, 2.24) is 14.9 Å². The van der Waals surface area contributed by atoms with Crippen LogP contribution >= 0.6 is 0 Å². The van der Waals surface area contributed by atoms with Crippen LogP contribution < -0.4 is 20.1 Å². The van der Waals surface area contributed by atoms with E-state index in [1.54, 1.807) is 18.3 Å². The second-order valence-corrected chi connectivity index (χ2v) is 10.4. The van der Waals surface area contributed by atoms with Crippen LogP contribution in [-0.4, -0.2) is 66.1 Å². The minimum absolute atomic E-state index is 0.107. The van der Waals surface area contributed by atoms with Crippen LogP contribution in [-0.2, 0) is 14.3 Å². The fourth-order valence-electron chi connectivity index (χ4n) is 4.98. The number of benzene rings is 2. The minimum Gasteiger partial charge on any atom is -0.476 e. The monoisotopic (exact) mass is 589 g/mol. The van der Waals surface area contributed by atoms with Gasteiger partial charge in [-0.3, -0.25) is 24.4 Å². The van der Waals surface area contributed by atoms with E-state index in [4.69, 9.17) is 19.9 Å². The first kappa shape index (κ1) is 28.4. The number of amides is 2. The Labute approximate surface area is 246 Å². The lowest BCUT2D eigenvalue weighted by Gasteiger charge is -2.26. The summed E-state index contributed by atoms with van der Waals surface area (Å²) in [6.45, 7) is 4.37. The Kier molecular flexibility index (Phi) is 7.87. The molecular weight excluding hydrogens is 560 g/mol. The first-order valence-electron chi connectivity index (χ1n) is 13.9. The smallest absolute Gasteiger partial charge is 0.247 e. The van der Waals surface area contributed by atoms with Crippen LogP contribution in [0, 0.1) is 17.0 Å². The number of anilines is 2. The maximum atomic E-state index is 15.5. The third-order valence-corrected chi connectivity index (χ3v) is 7.64. The number of fused-ring (bicyclic) bond motifs is 1. The maximum absolute atomic E-state index is 15.5. The highest BCUT2D eigenvalue weighted by atomic mass is 19.1. The first-order chi connectivity index (χ1) is 20.8. The quantitative estimate of drug-likeness (QED) is 0.271. The number of hydrogen-bond donors (Lipinski definition) is 1. The number of nitrogens with two attached hydrogens (primary N) is 1. The predicted molar refractivity (Wildman–Crippen MR) is 153 cm³/mol. The normalized spacial score (nSPS) is 16.0. The summed E-state index contributed by atoms with van der Waals surface area (Å²) in [5.74, 6) is -2.00. The zero-order valence-electron chi connectivity index (χ0n) is 23.2. The number of aromatic nitrogens is 2. The second-order valence-electron chi connectivity index (χ2n) is 10.4. The molecular formula is C31H29F2N5O5. The third-order valence-electron chi connectivity index (χ3n) is 7.64. The summed E-state index contributed by atoms with van der Waals surface area (Å²) in [6, 6.07) is 12.4. The largest absolute Gasteiger partial charge is 0.476 e. The van der Waals surface area contributed by atoms with Gasteiger partial charge in [-0.15, -0.1) is 0 Å². The number of primary amides is 1. The van der Waals surface area contributed by atoms with Gasteiger partial charge in [0.25, 0.3) is 0 Å². The summed E-state index contributed by atoms with van der Waals surface area (Å²) in [5.41, 5.74) is 5.11. The minimum atomic E-state index is -1.38. The highest BCUT2D eigenvalue weighted by molar-refractivity contribution is 6.16. The van der Waals surface area contributed by atoms with Crippen molar-refractivity contribution < 1.29 is 32.6 Å². The Bertz CT molecular complexity index is 1660. The van der Waals surface area contributed by atoms with Gasteiger partial charge in [-0.05, 0) is 55.3 Å². The van der Waals surface area contributed by atoms with Crippen LogP contribution in [0.25, 0.3) is 10.9 Å².